The van der Waals surface area contributed by atoms with Gasteiger partial charge in [0.1, 0.15) is 11.6 Å². The van der Waals surface area contributed by atoms with E-state index in [-0.39, 0.29) is 5.78 Å². The van der Waals surface area contributed by atoms with E-state index in [1.807, 2.05) is 50.2 Å². The normalized spacial score (nSPS) is 10.4. The van der Waals surface area contributed by atoms with Gasteiger partial charge >= 0.3 is 0 Å². The third-order valence-electron chi connectivity index (χ3n) is 4.02. The Balaban J connectivity index is 1.84. The minimum atomic E-state index is 0.0398. The number of rotatable bonds is 6. The fourth-order valence-corrected chi connectivity index (χ4v) is 2.66. The molecular formula is C21H22N4O2. The van der Waals surface area contributed by atoms with Gasteiger partial charge in [-0.05, 0) is 62.7 Å². The van der Waals surface area contributed by atoms with Crippen LogP contribution in [-0.4, -0.2) is 22.9 Å². The van der Waals surface area contributed by atoms with Gasteiger partial charge in [0, 0.05) is 23.0 Å². The summed E-state index contributed by atoms with van der Waals surface area (Å²) in [5, 5.41) is 6.47. The zero-order valence-corrected chi connectivity index (χ0v) is 15.8. The maximum Gasteiger partial charge on any atom is 0.229 e. The highest BCUT2D eigenvalue weighted by molar-refractivity contribution is 5.94. The number of carbonyl (C=O) groups is 1. The molecule has 0 saturated heterocycles. The molecule has 0 atom stereocenters. The number of benzene rings is 2. The van der Waals surface area contributed by atoms with E-state index in [2.05, 4.69) is 20.6 Å². The van der Waals surface area contributed by atoms with Crippen LogP contribution in [0.15, 0.2) is 48.5 Å². The summed E-state index contributed by atoms with van der Waals surface area (Å²) in [6.07, 6.45) is 0. The SMILES string of the molecule is COc1ccc(C)cc1Nc1nc(C)cc(Nc2ccc(C(C)=O)cc2)n1. The standard InChI is InChI=1S/C21H22N4O2/c1-13-5-10-19(27-4)18(11-13)24-21-22-14(2)12-20(25-21)23-17-8-6-16(7-9-17)15(3)26/h5-12H,1-4H3,(H2,22,23,24,25). The van der Waals surface area contributed by atoms with Crippen molar-refractivity contribution < 1.29 is 9.53 Å². The number of hydrogen-bond acceptors (Lipinski definition) is 6. The Kier molecular flexibility index (Phi) is 5.35. The first kappa shape index (κ1) is 18.4. The number of ketones is 1. The van der Waals surface area contributed by atoms with Crippen LogP contribution in [0.3, 0.4) is 0 Å². The number of methoxy groups -OCH3 is 1. The van der Waals surface area contributed by atoms with E-state index in [4.69, 9.17) is 4.74 Å². The van der Waals surface area contributed by atoms with E-state index in [1.54, 1.807) is 26.2 Å². The van der Waals surface area contributed by atoms with Gasteiger partial charge in [-0.2, -0.15) is 4.98 Å². The highest BCUT2D eigenvalue weighted by Gasteiger charge is 2.08. The number of nitrogens with one attached hydrogen (secondary N) is 2. The fourth-order valence-electron chi connectivity index (χ4n) is 2.66. The van der Waals surface area contributed by atoms with Crippen LogP contribution in [0.1, 0.15) is 28.5 Å². The highest BCUT2D eigenvalue weighted by atomic mass is 16.5. The smallest absolute Gasteiger partial charge is 0.229 e. The number of carbonyl (C=O) groups excluding carboxylic acids is 1. The molecule has 0 amide bonds. The molecular weight excluding hydrogens is 340 g/mol. The summed E-state index contributed by atoms with van der Waals surface area (Å²) in [5.74, 6) is 1.90. The van der Waals surface area contributed by atoms with Crippen molar-refractivity contribution in [2.75, 3.05) is 17.7 Å². The third-order valence-corrected chi connectivity index (χ3v) is 4.02. The summed E-state index contributed by atoms with van der Waals surface area (Å²) >= 11 is 0. The zero-order chi connectivity index (χ0) is 19.4. The number of nitrogens with zero attached hydrogens (tertiary/aromatic N) is 2. The maximum atomic E-state index is 11.4. The lowest BCUT2D eigenvalue weighted by Crippen LogP contribution is -2.03. The summed E-state index contributed by atoms with van der Waals surface area (Å²) in [4.78, 5) is 20.4. The molecule has 0 bridgehead atoms. The summed E-state index contributed by atoms with van der Waals surface area (Å²) in [5.41, 5.74) is 4.25. The number of aromatic nitrogens is 2. The molecule has 0 aliphatic rings. The predicted octanol–water partition coefficient (Wildman–Crippen LogP) is 4.79. The second-order valence-corrected chi connectivity index (χ2v) is 6.31. The fraction of sp³-hybridized carbons (Fsp3) is 0.190. The Hall–Kier alpha value is -3.41. The molecule has 0 spiro atoms. The van der Waals surface area contributed by atoms with Crippen LogP contribution < -0.4 is 15.4 Å². The summed E-state index contributed by atoms with van der Waals surface area (Å²) in [7, 11) is 1.63. The molecule has 6 nitrogen and oxygen atoms in total. The molecule has 138 valence electrons. The van der Waals surface area contributed by atoms with Gasteiger partial charge in [-0.1, -0.05) is 6.07 Å². The Morgan fingerprint density at radius 1 is 0.963 bits per heavy atom. The second-order valence-electron chi connectivity index (χ2n) is 6.31. The first-order valence-electron chi connectivity index (χ1n) is 8.60. The van der Waals surface area contributed by atoms with E-state index in [0.29, 0.717) is 17.3 Å². The van der Waals surface area contributed by atoms with Gasteiger partial charge < -0.3 is 15.4 Å². The lowest BCUT2D eigenvalue weighted by molar-refractivity contribution is 0.101. The van der Waals surface area contributed by atoms with Gasteiger partial charge in [0.05, 0.1) is 12.8 Å². The average molecular weight is 362 g/mol. The number of Topliss-reactive ketones (excluding diaryl/α,β-unsaturated/α-hetero) is 1. The quantitative estimate of drug-likeness (QED) is 0.614. The van der Waals surface area contributed by atoms with E-state index >= 15 is 0 Å². The number of anilines is 4. The maximum absolute atomic E-state index is 11.4. The number of aryl methyl sites for hydroxylation is 2. The van der Waals surface area contributed by atoms with Crippen molar-refractivity contribution in [3.8, 4) is 5.75 Å². The van der Waals surface area contributed by atoms with Crippen molar-refractivity contribution >= 4 is 28.9 Å². The Labute approximate surface area is 158 Å². The van der Waals surface area contributed by atoms with Crippen LogP contribution in [0.4, 0.5) is 23.1 Å². The van der Waals surface area contributed by atoms with E-state index in [9.17, 15) is 4.79 Å². The molecule has 2 aromatic carbocycles. The van der Waals surface area contributed by atoms with E-state index in [1.165, 1.54) is 0 Å². The second kappa shape index (κ2) is 7.86. The van der Waals surface area contributed by atoms with Crippen LogP contribution in [0, 0.1) is 13.8 Å². The zero-order valence-electron chi connectivity index (χ0n) is 15.8. The summed E-state index contributed by atoms with van der Waals surface area (Å²) in [6.45, 7) is 5.47. The van der Waals surface area contributed by atoms with Crippen molar-refractivity contribution in [2.24, 2.45) is 0 Å². The molecule has 2 N–H and O–H groups in total. The monoisotopic (exact) mass is 362 g/mol. The van der Waals surface area contributed by atoms with Gasteiger partial charge in [-0.3, -0.25) is 4.79 Å². The lowest BCUT2D eigenvalue weighted by atomic mass is 10.1. The summed E-state index contributed by atoms with van der Waals surface area (Å²) in [6, 6.07) is 15.0. The van der Waals surface area contributed by atoms with Crippen molar-refractivity contribution in [3.05, 3.63) is 65.4 Å². The average Bonchev–Trinajstić information content (AvgIpc) is 2.62. The molecule has 6 heteroatoms. The number of hydrogen-bond donors (Lipinski definition) is 2. The van der Waals surface area contributed by atoms with Crippen molar-refractivity contribution in [1.29, 1.82) is 0 Å². The highest BCUT2D eigenvalue weighted by Crippen LogP contribution is 2.28. The molecule has 0 fully saturated rings. The lowest BCUT2D eigenvalue weighted by Gasteiger charge is -2.13. The molecule has 0 aliphatic heterocycles. The molecule has 0 aliphatic carbocycles. The number of ether oxygens (including phenoxy) is 1. The minimum absolute atomic E-state index is 0.0398. The van der Waals surface area contributed by atoms with Gasteiger partial charge in [0.2, 0.25) is 5.95 Å². The molecule has 27 heavy (non-hydrogen) atoms. The van der Waals surface area contributed by atoms with Gasteiger partial charge in [-0.15, -0.1) is 0 Å². The first-order valence-corrected chi connectivity index (χ1v) is 8.60. The Morgan fingerprint density at radius 2 is 1.70 bits per heavy atom. The van der Waals surface area contributed by atoms with Gasteiger partial charge in [0.25, 0.3) is 0 Å². The predicted molar refractivity (Wildman–Crippen MR) is 108 cm³/mol. The van der Waals surface area contributed by atoms with Crippen molar-refractivity contribution in [1.82, 2.24) is 9.97 Å². The molecule has 0 saturated carbocycles. The summed E-state index contributed by atoms with van der Waals surface area (Å²) < 4.78 is 5.40. The van der Waals surface area contributed by atoms with Crippen molar-refractivity contribution in [2.45, 2.75) is 20.8 Å². The molecule has 0 radical (unpaired) electrons. The van der Waals surface area contributed by atoms with Crippen LogP contribution in [0.25, 0.3) is 0 Å². The molecule has 3 aromatic rings. The third kappa shape index (κ3) is 4.61. The molecule has 0 unspecified atom stereocenters. The topological polar surface area (TPSA) is 76.1 Å². The van der Waals surface area contributed by atoms with Crippen LogP contribution >= 0.6 is 0 Å². The minimum Gasteiger partial charge on any atom is -0.495 e. The Bertz CT molecular complexity index is 968. The van der Waals surface area contributed by atoms with Crippen LogP contribution in [0.5, 0.6) is 5.75 Å². The van der Waals surface area contributed by atoms with Crippen molar-refractivity contribution in [3.63, 3.8) is 0 Å². The van der Waals surface area contributed by atoms with E-state index < -0.39 is 0 Å². The molecule has 1 heterocycles. The first-order chi connectivity index (χ1) is 12.9. The van der Waals surface area contributed by atoms with Gasteiger partial charge in [-0.25, -0.2) is 4.98 Å². The Morgan fingerprint density at radius 3 is 2.37 bits per heavy atom. The van der Waals surface area contributed by atoms with Crippen LogP contribution in [-0.2, 0) is 0 Å². The van der Waals surface area contributed by atoms with E-state index in [0.717, 1.165) is 28.4 Å². The molecule has 3 rings (SSSR count). The molecule has 1 aromatic heterocycles. The largest absolute Gasteiger partial charge is 0.495 e. The van der Waals surface area contributed by atoms with Crippen LogP contribution in [0.2, 0.25) is 0 Å². The van der Waals surface area contributed by atoms with Gasteiger partial charge in [0.15, 0.2) is 5.78 Å².